The average Bonchev–Trinajstić information content (AvgIpc) is 2.33. The molecule has 98 valence electrons. The van der Waals surface area contributed by atoms with Gasteiger partial charge in [0.05, 0.1) is 16.3 Å². The van der Waals surface area contributed by atoms with Crippen LogP contribution in [0.4, 0.5) is 11.4 Å². The summed E-state index contributed by atoms with van der Waals surface area (Å²) in [4.78, 5) is 12.1. The van der Waals surface area contributed by atoms with E-state index in [0.717, 1.165) is 8.95 Å². The Morgan fingerprint density at radius 2 is 1.89 bits per heavy atom. The zero-order chi connectivity index (χ0) is 14.0. The zero-order valence-electron chi connectivity index (χ0n) is 9.58. The summed E-state index contributed by atoms with van der Waals surface area (Å²) in [7, 11) is 0. The molecule has 0 saturated heterocycles. The Balaban J connectivity index is 2.28. The van der Waals surface area contributed by atoms with Crippen molar-refractivity contribution in [2.45, 2.75) is 0 Å². The third-order valence-corrected chi connectivity index (χ3v) is 3.91. The van der Waals surface area contributed by atoms with Crippen LogP contribution in [0.3, 0.4) is 0 Å². The number of nitrogens with two attached hydrogens (primary N) is 1. The highest BCUT2D eigenvalue weighted by Crippen LogP contribution is 2.27. The van der Waals surface area contributed by atoms with Crippen LogP contribution in [0.2, 0.25) is 5.02 Å². The average molecular weight is 404 g/mol. The quantitative estimate of drug-likeness (QED) is 0.713. The first-order valence-corrected chi connectivity index (χ1v) is 7.25. The van der Waals surface area contributed by atoms with E-state index in [-0.39, 0.29) is 5.91 Å². The smallest absolute Gasteiger partial charge is 0.257 e. The molecule has 2 aromatic rings. The highest BCUT2D eigenvalue weighted by atomic mass is 79.9. The van der Waals surface area contributed by atoms with Crippen molar-refractivity contribution in [3.63, 3.8) is 0 Å². The summed E-state index contributed by atoms with van der Waals surface area (Å²) in [6.07, 6.45) is 0. The van der Waals surface area contributed by atoms with Crippen LogP contribution < -0.4 is 11.1 Å². The first kappa shape index (κ1) is 14.4. The number of nitrogens with one attached hydrogen (secondary N) is 1. The van der Waals surface area contributed by atoms with Gasteiger partial charge in [-0.3, -0.25) is 4.79 Å². The Labute approximate surface area is 132 Å². The molecular formula is C13H9Br2ClN2O. The van der Waals surface area contributed by atoms with Gasteiger partial charge in [0.15, 0.2) is 0 Å². The molecule has 0 aliphatic rings. The lowest BCUT2D eigenvalue weighted by molar-refractivity contribution is 0.102. The molecule has 3 N–H and O–H groups in total. The summed E-state index contributed by atoms with van der Waals surface area (Å²) in [5, 5.41) is 3.11. The number of hydrogen-bond donors (Lipinski definition) is 2. The molecule has 0 aromatic heterocycles. The fraction of sp³-hybridized carbons (Fsp3) is 0. The molecule has 0 fully saturated rings. The lowest BCUT2D eigenvalue weighted by Crippen LogP contribution is -2.13. The number of amides is 1. The van der Waals surface area contributed by atoms with Gasteiger partial charge in [-0.15, -0.1) is 0 Å². The molecule has 0 bridgehead atoms. The Bertz CT molecular complexity index is 647. The molecule has 0 radical (unpaired) electrons. The summed E-state index contributed by atoms with van der Waals surface area (Å²) in [6, 6.07) is 10.3. The molecule has 0 atom stereocenters. The summed E-state index contributed by atoms with van der Waals surface area (Å²) in [5.41, 5.74) is 7.15. The molecule has 2 aromatic carbocycles. The molecule has 0 heterocycles. The van der Waals surface area contributed by atoms with Crippen molar-refractivity contribution in [2.75, 3.05) is 11.1 Å². The lowest BCUT2D eigenvalue weighted by atomic mass is 10.2. The van der Waals surface area contributed by atoms with Crippen molar-refractivity contribution in [3.8, 4) is 0 Å². The van der Waals surface area contributed by atoms with Gasteiger partial charge in [-0.25, -0.2) is 0 Å². The summed E-state index contributed by atoms with van der Waals surface area (Å²) >= 11 is 12.7. The fourth-order valence-corrected chi connectivity index (χ4v) is 2.48. The molecule has 0 unspecified atom stereocenters. The van der Waals surface area contributed by atoms with Gasteiger partial charge in [0.1, 0.15) is 0 Å². The number of anilines is 2. The van der Waals surface area contributed by atoms with E-state index in [1.807, 2.05) is 12.1 Å². The molecule has 0 aliphatic heterocycles. The first-order valence-electron chi connectivity index (χ1n) is 5.29. The fourth-order valence-electron chi connectivity index (χ4n) is 1.50. The minimum atomic E-state index is -0.288. The van der Waals surface area contributed by atoms with Crippen LogP contribution in [0.25, 0.3) is 0 Å². The third-order valence-electron chi connectivity index (χ3n) is 2.41. The Morgan fingerprint density at radius 3 is 2.58 bits per heavy atom. The van der Waals surface area contributed by atoms with E-state index < -0.39 is 0 Å². The second-order valence-electron chi connectivity index (χ2n) is 3.82. The molecule has 3 nitrogen and oxygen atoms in total. The Hall–Kier alpha value is -1.04. The van der Waals surface area contributed by atoms with Crippen molar-refractivity contribution in [2.24, 2.45) is 0 Å². The summed E-state index contributed by atoms with van der Waals surface area (Å²) < 4.78 is 1.66. The van der Waals surface area contributed by atoms with Gasteiger partial charge in [-0.1, -0.05) is 27.5 Å². The van der Waals surface area contributed by atoms with Gasteiger partial charge >= 0.3 is 0 Å². The molecule has 2 rings (SSSR count). The SMILES string of the molecule is Nc1ccc(C(=O)Nc2cc(Br)ccc2Br)c(Cl)c1. The highest BCUT2D eigenvalue weighted by molar-refractivity contribution is 9.11. The molecule has 1 amide bonds. The predicted molar refractivity (Wildman–Crippen MR) is 85.7 cm³/mol. The van der Waals surface area contributed by atoms with E-state index in [2.05, 4.69) is 37.2 Å². The molecule has 0 aliphatic carbocycles. The Kier molecular flexibility index (Phi) is 4.50. The van der Waals surface area contributed by atoms with Crippen LogP contribution in [-0.4, -0.2) is 5.91 Å². The van der Waals surface area contributed by atoms with Gasteiger partial charge in [0.25, 0.3) is 5.91 Å². The number of nitrogen functional groups attached to an aromatic ring is 1. The van der Waals surface area contributed by atoms with Gasteiger partial charge in [-0.05, 0) is 52.3 Å². The van der Waals surface area contributed by atoms with E-state index in [1.54, 1.807) is 24.3 Å². The van der Waals surface area contributed by atoms with E-state index >= 15 is 0 Å². The molecule has 0 saturated carbocycles. The molecule has 6 heteroatoms. The lowest BCUT2D eigenvalue weighted by Gasteiger charge is -2.09. The van der Waals surface area contributed by atoms with Crippen molar-refractivity contribution >= 4 is 60.7 Å². The molecule has 19 heavy (non-hydrogen) atoms. The van der Waals surface area contributed by atoms with Crippen LogP contribution in [-0.2, 0) is 0 Å². The third kappa shape index (κ3) is 3.49. The maximum Gasteiger partial charge on any atom is 0.257 e. The predicted octanol–water partition coefficient (Wildman–Crippen LogP) is 4.70. The van der Waals surface area contributed by atoms with E-state index in [9.17, 15) is 4.79 Å². The largest absolute Gasteiger partial charge is 0.399 e. The van der Waals surface area contributed by atoms with Crippen LogP contribution in [0, 0.1) is 0 Å². The summed E-state index contributed by atoms with van der Waals surface area (Å²) in [5.74, 6) is -0.288. The molecule has 0 spiro atoms. The topological polar surface area (TPSA) is 55.1 Å². The van der Waals surface area contributed by atoms with Crippen LogP contribution in [0.1, 0.15) is 10.4 Å². The van der Waals surface area contributed by atoms with E-state index in [1.165, 1.54) is 0 Å². The highest BCUT2D eigenvalue weighted by Gasteiger charge is 2.12. The Morgan fingerprint density at radius 1 is 1.16 bits per heavy atom. The van der Waals surface area contributed by atoms with Gasteiger partial charge in [0, 0.05) is 14.6 Å². The molecular weight excluding hydrogens is 395 g/mol. The maximum atomic E-state index is 12.1. The van der Waals surface area contributed by atoms with Crippen molar-refractivity contribution < 1.29 is 4.79 Å². The van der Waals surface area contributed by atoms with Crippen LogP contribution in [0.15, 0.2) is 45.3 Å². The number of carbonyl (C=O) groups is 1. The second kappa shape index (κ2) is 5.94. The standard InChI is InChI=1S/C13H9Br2ClN2O/c14-7-1-4-10(15)12(5-7)18-13(19)9-3-2-8(17)6-11(9)16/h1-6H,17H2,(H,18,19). The van der Waals surface area contributed by atoms with Gasteiger partial charge in [0.2, 0.25) is 0 Å². The van der Waals surface area contributed by atoms with E-state index in [4.69, 9.17) is 17.3 Å². The monoisotopic (exact) mass is 402 g/mol. The minimum Gasteiger partial charge on any atom is -0.399 e. The summed E-state index contributed by atoms with van der Waals surface area (Å²) in [6.45, 7) is 0. The van der Waals surface area contributed by atoms with Gasteiger partial charge in [-0.2, -0.15) is 0 Å². The van der Waals surface area contributed by atoms with Crippen LogP contribution in [0.5, 0.6) is 0 Å². The number of halogens is 3. The van der Waals surface area contributed by atoms with Crippen molar-refractivity contribution in [1.29, 1.82) is 0 Å². The first-order chi connectivity index (χ1) is 8.97. The number of hydrogen-bond acceptors (Lipinski definition) is 2. The number of carbonyl (C=O) groups excluding carboxylic acids is 1. The maximum absolute atomic E-state index is 12.1. The normalized spacial score (nSPS) is 10.3. The van der Waals surface area contributed by atoms with Crippen molar-refractivity contribution in [1.82, 2.24) is 0 Å². The zero-order valence-corrected chi connectivity index (χ0v) is 13.5. The van der Waals surface area contributed by atoms with Gasteiger partial charge < -0.3 is 11.1 Å². The van der Waals surface area contributed by atoms with Crippen LogP contribution >= 0.6 is 43.5 Å². The number of rotatable bonds is 2. The second-order valence-corrected chi connectivity index (χ2v) is 5.99. The van der Waals surface area contributed by atoms with E-state index in [0.29, 0.717) is 22.0 Å². The van der Waals surface area contributed by atoms with Crippen molar-refractivity contribution in [3.05, 3.63) is 55.9 Å². The number of benzene rings is 2. The minimum absolute atomic E-state index is 0.288.